The summed E-state index contributed by atoms with van der Waals surface area (Å²) in [6.45, 7) is 12.3. The minimum atomic E-state index is -0.215. The van der Waals surface area contributed by atoms with Gasteiger partial charge >= 0.3 is 5.97 Å². The number of hydrogen-bond acceptors (Lipinski definition) is 3. The van der Waals surface area contributed by atoms with E-state index >= 15 is 0 Å². The number of rotatable bonds is 3. The zero-order valence-corrected chi connectivity index (χ0v) is 15.3. The molecular formula is C20H30O3. The maximum absolute atomic E-state index is 12.4. The molecule has 1 fully saturated rings. The van der Waals surface area contributed by atoms with E-state index < -0.39 is 0 Å². The van der Waals surface area contributed by atoms with Gasteiger partial charge in [-0.2, -0.15) is 0 Å². The molecule has 23 heavy (non-hydrogen) atoms. The third-order valence-corrected chi connectivity index (χ3v) is 6.14. The summed E-state index contributed by atoms with van der Waals surface area (Å²) < 4.78 is 5.77. The summed E-state index contributed by atoms with van der Waals surface area (Å²) >= 11 is 0. The quantitative estimate of drug-likeness (QED) is 0.569. The maximum Gasteiger partial charge on any atom is 0.333 e. The molecule has 0 radical (unpaired) electrons. The van der Waals surface area contributed by atoms with Gasteiger partial charge in [0.25, 0.3) is 0 Å². The maximum atomic E-state index is 12.4. The normalized spacial score (nSPS) is 34.9. The van der Waals surface area contributed by atoms with Crippen molar-refractivity contribution in [3.8, 4) is 0 Å². The van der Waals surface area contributed by atoms with Crippen LogP contribution in [-0.2, 0) is 14.3 Å². The first-order valence-corrected chi connectivity index (χ1v) is 8.79. The largest absolute Gasteiger partial charge is 0.459 e. The zero-order valence-electron chi connectivity index (χ0n) is 15.3. The lowest BCUT2D eigenvalue weighted by Gasteiger charge is -2.49. The van der Waals surface area contributed by atoms with Gasteiger partial charge in [-0.25, -0.2) is 4.79 Å². The molecule has 3 heteroatoms. The number of fused-ring (bicyclic) bond motifs is 1. The second kappa shape index (κ2) is 6.62. The second-order valence-electron chi connectivity index (χ2n) is 7.79. The number of hydrogen-bond donors (Lipinski definition) is 0. The second-order valence-corrected chi connectivity index (χ2v) is 7.79. The van der Waals surface area contributed by atoms with Crippen LogP contribution in [0.4, 0.5) is 0 Å². The molecule has 1 saturated carbocycles. The van der Waals surface area contributed by atoms with Gasteiger partial charge in [0.15, 0.2) is 5.78 Å². The average molecular weight is 318 g/mol. The van der Waals surface area contributed by atoms with Crippen molar-refractivity contribution in [2.75, 3.05) is 0 Å². The average Bonchev–Trinajstić information content (AvgIpc) is 2.50. The van der Waals surface area contributed by atoms with Crippen molar-refractivity contribution in [1.82, 2.24) is 0 Å². The van der Waals surface area contributed by atoms with E-state index in [9.17, 15) is 9.59 Å². The van der Waals surface area contributed by atoms with Crippen molar-refractivity contribution in [2.24, 2.45) is 23.2 Å². The molecule has 0 saturated heterocycles. The fourth-order valence-electron chi connectivity index (χ4n) is 4.00. The summed E-state index contributed by atoms with van der Waals surface area (Å²) in [7, 11) is 0. The van der Waals surface area contributed by atoms with Crippen LogP contribution in [-0.4, -0.2) is 17.9 Å². The van der Waals surface area contributed by atoms with Crippen LogP contribution in [0.15, 0.2) is 23.3 Å². The summed E-state index contributed by atoms with van der Waals surface area (Å²) in [4.78, 5) is 24.5. The van der Waals surface area contributed by atoms with Gasteiger partial charge in [0, 0.05) is 17.4 Å². The van der Waals surface area contributed by atoms with Gasteiger partial charge < -0.3 is 4.74 Å². The Morgan fingerprint density at radius 3 is 2.65 bits per heavy atom. The number of allylic oxidation sites excluding steroid dienone is 3. The van der Waals surface area contributed by atoms with Gasteiger partial charge in [0.2, 0.25) is 0 Å². The number of carbonyl (C=O) groups is 2. The van der Waals surface area contributed by atoms with E-state index in [4.69, 9.17) is 4.74 Å². The molecule has 4 atom stereocenters. The van der Waals surface area contributed by atoms with Crippen LogP contribution in [0.25, 0.3) is 0 Å². The monoisotopic (exact) mass is 318 g/mol. The molecule has 0 bridgehead atoms. The molecule has 0 unspecified atom stereocenters. The van der Waals surface area contributed by atoms with Gasteiger partial charge in [-0.3, -0.25) is 4.79 Å². The molecule has 128 valence electrons. The zero-order chi connectivity index (χ0) is 17.4. The molecule has 2 aliphatic carbocycles. The highest BCUT2D eigenvalue weighted by molar-refractivity contribution is 5.94. The van der Waals surface area contributed by atoms with Crippen LogP contribution in [0, 0.1) is 23.2 Å². The van der Waals surface area contributed by atoms with E-state index in [1.165, 1.54) is 5.57 Å². The van der Waals surface area contributed by atoms with Crippen LogP contribution in [0.3, 0.4) is 0 Å². The minimum Gasteiger partial charge on any atom is -0.459 e. The molecule has 3 nitrogen and oxygen atoms in total. The van der Waals surface area contributed by atoms with Crippen LogP contribution in [0.1, 0.15) is 60.8 Å². The summed E-state index contributed by atoms with van der Waals surface area (Å²) in [5.74, 6) is 0.716. The SMILES string of the molecule is C/C=C(/C)C(=O)O[C@@H]1CCC2=CC(=O)[C@@H](C(C)C)C[C@]2(C)[C@H]1C. The Morgan fingerprint density at radius 1 is 1.43 bits per heavy atom. The fourth-order valence-corrected chi connectivity index (χ4v) is 4.00. The molecule has 0 amide bonds. The molecular weight excluding hydrogens is 288 g/mol. The molecule has 2 rings (SSSR count). The Kier molecular flexibility index (Phi) is 5.17. The topological polar surface area (TPSA) is 43.4 Å². The van der Waals surface area contributed by atoms with Gasteiger partial charge in [-0.1, -0.05) is 39.3 Å². The van der Waals surface area contributed by atoms with Crippen molar-refractivity contribution in [2.45, 2.75) is 66.9 Å². The third kappa shape index (κ3) is 3.29. The molecule has 0 aromatic heterocycles. The van der Waals surface area contributed by atoms with E-state index in [0.29, 0.717) is 11.5 Å². The molecule has 0 aromatic rings. The van der Waals surface area contributed by atoms with Crippen LogP contribution < -0.4 is 0 Å². The first kappa shape index (κ1) is 18.0. The summed E-state index contributed by atoms with van der Waals surface area (Å²) in [6.07, 6.45) is 6.14. The Morgan fingerprint density at radius 2 is 2.09 bits per heavy atom. The van der Waals surface area contributed by atoms with Crippen LogP contribution >= 0.6 is 0 Å². The highest BCUT2D eigenvalue weighted by atomic mass is 16.5. The van der Waals surface area contributed by atoms with Crippen molar-refractivity contribution < 1.29 is 14.3 Å². The lowest BCUT2D eigenvalue weighted by Crippen LogP contribution is -2.47. The molecule has 0 heterocycles. The van der Waals surface area contributed by atoms with E-state index in [1.807, 2.05) is 13.0 Å². The molecule has 2 aliphatic rings. The highest BCUT2D eigenvalue weighted by Crippen LogP contribution is 2.53. The lowest BCUT2D eigenvalue weighted by molar-refractivity contribution is -0.152. The molecule has 0 spiro atoms. The number of ketones is 1. The number of esters is 1. The van der Waals surface area contributed by atoms with Crippen LogP contribution in [0.5, 0.6) is 0 Å². The molecule has 0 aliphatic heterocycles. The van der Waals surface area contributed by atoms with Crippen molar-refractivity contribution in [1.29, 1.82) is 0 Å². The summed E-state index contributed by atoms with van der Waals surface area (Å²) in [6, 6.07) is 0. The third-order valence-electron chi connectivity index (χ3n) is 6.14. The van der Waals surface area contributed by atoms with Gasteiger partial charge in [-0.05, 0) is 50.5 Å². The van der Waals surface area contributed by atoms with E-state index in [-0.39, 0.29) is 35.1 Å². The number of carbonyl (C=O) groups excluding carboxylic acids is 2. The van der Waals surface area contributed by atoms with Crippen molar-refractivity contribution in [3.63, 3.8) is 0 Å². The van der Waals surface area contributed by atoms with Crippen molar-refractivity contribution >= 4 is 11.8 Å². The molecule has 0 N–H and O–H groups in total. The predicted octanol–water partition coefficient (Wildman–Crippen LogP) is 4.47. The lowest BCUT2D eigenvalue weighted by atomic mass is 9.56. The Hall–Kier alpha value is -1.38. The fraction of sp³-hybridized carbons (Fsp3) is 0.700. The van der Waals surface area contributed by atoms with E-state index in [0.717, 1.165) is 19.3 Å². The standard InChI is InChI=1S/C20H30O3/c1-7-13(4)19(22)23-18-9-8-15-10-17(21)16(12(2)3)11-20(15,6)14(18)5/h7,10,12,14,16,18H,8-9,11H2,1-6H3/b13-7-/t14-,16+,18+,20+/m0/s1. The van der Waals surface area contributed by atoms with Crippen molar-refractivity contribution in [3.05, 3.63) is 23.3 Å². The highest BCUT2D eigenvalue weighted by Gasteiger charge is 2.49. The predicted molar refractivity (Wildman–Crippen MR) is 91.9 cm³/mol. The smallest absolute Gasteiger partial charge is 0.333 e. The Balaban J connectivity index is 2.23. The van der Waals surface area contributed by atoms with Gasteiger partial charge in [-0.15, -0.1) is 0 Å². The van der Waals surface area contributed by atoms with Gasteiger partial charge in [0.05, 0.1) is 0 Å². The number of ether oxygens (including phenoxy) is 1. The Labute approximate surface area is 140 Å². The summed E-state index contributed by atoms with van der Waals surface area (Å²) in [5, 5.41) is 0. The van der Waals surface area contributed by atoms with Gasteiger partial charge in [0.1, 0.15) is 6.10 Å². The first-order chi connectivity index (χ1) is 10.7. The van der Waals surface area contributed by atoms with E-state index in [1.54, 1.807) is 13.0 Å². The molecule has 0 aromatic carbocycles. The Bertz CT molecular complexity index is 555. The van der Waals surface area contributed by atoms with E-state index in [2.05, 4.69) is 27.7 Å². The summed E-state index contributed by atoms with van der Waals surface area (Å²) in [5.41, 5.74) is 1.86. The van der Waals surface area contributed by atoms with Crippen LogP contribution in [0.2, 0.25) is 0 Å². The first-order valence-electron chi connectivity index (χ1n) is 8.79. The minimum absolute atomic E-state index is 0.0458.